The molecule has 0 saturated heterocycles. The minimum atomic E-state index is -0.0959. The third-order valence-electron chi connectivity index (χ3n) is 4.50. The zero-order valence-electron chi connectivity index (χ0n) is 15.1. The molecule has 4 rings (SSSR count). The van der Waals surface area contributed by atoms with Crippen molar-refractivity contribution in [1.29, 1.82) is 0 Å². The van der Waals surface area contributed by atoms with Gasteiger partial charge in [0, 0.05) is 37.2 Å². The Labute approximate surface area is 157 Å². The second-order valence-corrected chi connectivity index (χ2v) is 6.41. The van der Waals surface area contributed by atoms with Gasteiger partial charge in [0.25, 0.3) is 5.91 Å². The molecule has 0 unspecified atom stereocenters. The molecule has 3 heterocycles. The summed E-state index contributed by atoms with van der Waals surface area (Å²) in [4.78, 5) is 16.8. The number of pyridine rings is 1. The van der Waals surface area contributed by atoms with E-state index in [-0.39, 0.29) is 12.7 Å². The standard InChI is InChI=1S/C21H21N3O3/c1-2-9-24-13-17(16-5-7-22-8-6-16)11-18(24)21(25)23-12-15-3-4-19-20(10-15)27-14-26-19/h3-8,10-11,13H,2,9,12,14H2,1H3,(H,23,25). The van der Waals surface area contributed by atoms with E-state index in [4.69, 9.17) is 9.47 Å². The number of rotatable bonds is 6. The van der Waals surface area contributed by atoms with Gasteiger partial charge in [0.2, 0.25) is 6.79 Å². The summed E-state index contributed by atoms with van der Waals surface area (Å²) in [5.41, 5.74) is 3.68. The normalized spacial score (nSPS) is 12.2. The predicted octanol–water partition coefficient (Wildman–Crippen LogP) is 3.62. The van der Waals surface area contributed by atoms with Gasteiger partial charge < -0.3 is 19.4 Å². The molecule has 0 saturated carbocycles. The molecule has 1 N–H and O–H groups in total. The number of nitrogens with one attached hydrogen (secondary N) is 1. The molecular weight excluding hydrogens is 342 g/mol. The molecule has 3 aromatic rings. The Hall–Kier alpha value is -3.28. The van der Waals surface area contributed by atoms with Crippen LogP contribution in [0.25, 0.3) is 11.1 Å². The van der Waals surface area contributed by atoms with Crippen LogP contribution >= 0.6 is 0 Å². The maximum atomic E-state index is 12.8. The van der Waals surface area contributed by atoms with Gasteiger partial charge in [-0.1, -0.05) is 13.0 Å². The lowest BCUT2D eigenvalue weighted by Crippen LogP contribution is -2.25. The van der Waals surface area contributed by atoms with Gasteiger partial charge in [-0.25, -0.2) is 0 Å². The molecule has 0 atom stereocenters. The summed E-state index contributed by atoms with van der Waals surface area (Å²) in [6, 6.07) is 11.5. The van der Waals surface area contributed by atoms with Crippen LogP contribution in [0.3, 0.4) is 0 Å². The molecule has 138 valence electrons. The van der Waals surface area contributed by atoms with E-state index in [1.807, 2.05) is 47.2 Å². The fourth-order valence-corrected chi connectivity index (χ4v) is 3.15. The van der Waals surface area contributed by atoms with E-state index in [0.29, 0.717) is 12.2 Å². The number of carbonyl (C=O) groups excluding carboxylic acids is 1. The topological polar surface area (TPSA) is 65.4 Å². The molecule has 0 radical (unpaired) electrons. The van der Waals surface area contributed by atoms with Gasteiger partial charge in [0.05, 0.1) is 0 Å². The van der Waals surface area contributed by atoms with E-state index in [9.17, 15) is 4.79 Å². The fourth-order valence-electron chi connectivity index (χ4n) is 3.15. The molecule has 0 spiro atoms. The van der Waals surface area contributed by atoms with Crippen LogP contribution in [0, 0.1) is 0 Å². The molecule has 0 bridgehead atoms. The van der Waals surface area contributed by atoms with Crippen LogP contribution in [-0.2, 0) is 13.1 Å². The first kappa shape index (κ1) is 17.1. The molecule has 1 aliphatic rings. The van der Waals surface area contributed by atoms with Crippen molar-refractivity contribution in [2.75, 3.05) is 6.79 Å². The third-order valence-corrected chi connectivity index (χ3v) is 4.50. The minimum Gasteiger partial charge on any atom is -0.454 e. The Balaban J connectivity index is 1.51. The molecule has 0 fully saturated rings. The summed E-state index contributed by atoms with van der Waals surface area (Å²) in [6.45, 7) is 3.56. The monoisotopic (exact) mass is 363 g/mol. The van der Waals surface area contributed by atoms with Crippen molar-refractivity contribution in [2.24, 2.45) is 0 Å². The lowest BCUT2D eigenvalue weighted by molar-refractivity contribution is 0.0941. The highest BCUT2D eigenvalue weighted by atomic mass is 16.7. The summed E-state index contributed by atoms with van der Waals surface area (Å²) in [5.74, 6) is 1.36. The van der Waals surface area contributed by atoms with Gasteiger partial charge >= 0.3 is 0 Å². The van der Waals surface area contributed by atoms with Gasteiger partial charge in [-0.2, -0.15) is 0 Å². The third kappa shape index (κ3) is 3.65. The number of amides is 1. The summed E-state index contributed by atoms with van der Waals surface area (Å²) < 4.78 is 12.7. The maximum Gasteiger partial charge on any atom is 0.268 e. The van der Waals surface area contributed by atoms with Gasteiger partial charge in [0.15, 0.2) is 11.5 Å². The van der Waals surface area contributed by atoms with Crippen LogP contribution in [0.2, 0.25) is 0 Å². The Morgan fingerprint density at radius 1 is 1.11 bits per heavy atom. The van der Waals surface area contributed by atoms with Crippen LogP contribution in [0.1, 0.15) is 29.4 Å². The second-order valence-electron chi connectivity index (χ2n) is 6.41. The van der Waals surface area contributed by atoms with Crippen molar-refractivity contribution in [3.05, 3.63) is 66.2 Å². The Morgan fingerprint density at radius 2 is 1.93 bits per heavy atom. The quantitative estimate of drug-likeness (QED) is 0.726. The van der Waals surface area contributed by atoms with E-state index >= 15 is 0 Å². The fraction of sp³-hybridized carbons (Fsp3) is 0.238. The Bertz CT molecular complexity index is 951. The number of hydrogen-bond donors (Lipinski definition) is 1. The van der Waals surface area contributed by atoms with Crippen molar-refractivity contribution in [3.63, 3.8) is 0 Å². The highest BCUT2D eigenvalue weighted by Gasteiger charge is 2.16. The van der Waals surface area contributed by atoms with E-state index in [1.54, 1.807) is 12.4 Å². The number of fused-ring (bicyclic) bond motifs is 1. The Morgan fingerprint density at radius 3 is 2.74 bits per heavy atom. The number of ether oxygens (including phenoxy) is 2. The average Bonchev–Trinajstić information content (AvgIpc) is 3.34. The molecule has 2 aromatic heterocycles. The van der Waals surface area contributed by atoms with Crippen LogP contribution in [0.5, 0.6) is 11.5 Å². The van der Waals surface area contributed by atoms with E-state index < -0.39 is 0 Å². The summed E-state index contributed by atoms with van der Waals surface area (Å²) in [5, 5.41) is 3.00. The summed E-state index contributed by atoms with van der Waals surface area (Å²) in [6.07, 6.45) is 6.49. The van der Waals surface area contributed by atoms with Gasteiger partial charge in [-0.05, 0) is 47.9 Å². The first-order valence-corrected chi connectivity index (χ1v) is 9.02. The van der Waals surface area contributed by atoms with Gasteiger partial charge in [-0.15, -0.1) is 0 Å². The zero-order chi connectivity index (χ0) is 18.6. The summed E-state index contributed by atoms with van der Waals surface area (Å²) in [7, 11) is 0. The first-order valence-electron chi connectivity index (χ1n) is 9.02. The molecular formula is C21H21N3O3. The molecule has 1 aliphatic heterocycles. The largest absolute Gasteiger partial charge is 0.454 e. The molecule has 27 heavy (non-hydrogen) atoms. The van der Waals surface area contributed by atoms with Crippen LogP contribution in [-0.4, -0.2) is 22.3 Å². The Kier molecular flexibility index (Phi) is 4.78. The van der Waals surface area contributed by atoms with Gasteiger partial charge in [0.1, 0.15) is 5.69 Å². The van der Waals surface area contributed by atoms with Crippen molar-refractivity contribution in [1.82, 2.24) is 14.9 Å². The number of hydrogen-bond acceptors (Lipinski definition) is 4. The van der Waals surface area contributed by atoms with Crippen molar-refractivity contribution in [2.45, 2.75) is 26.4 Å². The number of aryl methyl sites for hydroxylation is 1. The SMILES string of the molecule is CCCn1cc(-c2ccncc2)cc1C(=O)NCc1ccc2c(c1)OCO2. The predicted molar refractivity (Wildman–Crippen MR) is 102 cm³/mol. The highest BCUT2D eigenvalue weighted by molar-refractivity contribution is 5.94. The van der Waals surface area contributed by atoms with Crippen molar-refractivity contribution < 1.29 is 14.3 Å². The lowest BCUT2D eigenvalue weighted by atomic mass is 10.1. The second kappa shape index (κ2) is 7.53. The van der Waals surface area contributed by atoms with Crippen molar-refractivity contribution >= 4 is 5.91 Å². The van der Waals surface area contributed by atoms with E-state index in [0.717, 1.165) is 41.2 Å². The average molecular weight is 363 g/mol. The van der Waals surface area contributed by atoms with Crippen molar-refractivity contribution in [3.8, 4) is 22.6 Å². The summed E-state index contributed by atoms with van der Waals surface area (Å²) >= 11 is 0. The minimum absolute atomic E-state index is 0.0959. The molecule has 1 aromatic carbocycles. The number of benzene rings is 1. The number of aromatic nitrogens is 2. The zero-order valence-corrected chi connectivity index (χ0v) is 15.1. The smallest absolute Gasteiger partial charge is 0.268 e. The molecule has 6 nitrogen and oxygen atoms in total. The van der Waals surface area contributed by atoms with Crippen LogP contribution < -0.4 is 14.8 Å². The highest BCUT2D eigenvalue weighted by Crippen LogP contribution is 2.32. The lowest BCUT2D eigenvalue weighted by Gasteiger charge is -2.09. The van der Waals surface area contributed by atoms with Crippen LogP contribution in [0.15, 0.2) is 55.0 Å². The number of carbonyl (C=O) groups is 1. The number of nitrogens with zero attached hydrogens (tertiary/aromatic N) is 2. The van der Waals surface area contributed by atoms with Crippen LogP contribution in [0.4, 0.5) is 0 Å². The van der Waals surface area contributed by atoms with E-state index in [1.165, 1.54) is 0 Å². The maximum absolute atomic E-state index is 12.8. The molecule has 0 aliphatic carbocycles. The first-order chi connectivity index (χ1) is 13.2. The molecule has 1 amide bonds. The van der Waals surface area contributed by atoms with E-state index in [2.05, 4.69) is 17.2 Å². The molecule has 6 heteroatoms. The van der Waals surface area contributed by atoms with Gasteiger partial charge in [-0.3, -0.25) is 9.78 Å².